The summed E-state index contributed by atoms with van der Waals surface area (Å²) in [5, 5.41) is 3.15. The average molecular weight is 289 g/mol. The molecule has 0 fully saturated rings. The Morgan fingerprint density at radius 2 is 1.90 bits per heavy atom. The lowest BCUT2D eigenvalue weighted by Gasteiger charge is -2.15. The van der Waals surface area contributed by atoms with Crippen molar-refractivity contribution in [2.45, 2.75) is 32.0 Å². The van der Waals surface area contributed by atoms with Crippen molar-refractivity contribution in [2.24, 2.45) is 0 Å². The predicted octanol–water partition coefficient (Wildman–Crippen LogP) is 3.31. The molecule has 1 aromatic carbocycles. The number of hydrogen-bond donors (Lipinski definition) is 1. The molecule has 1 N–H and O–H groups in total. The van der Waals surface area contributed by atoms with Crippen molar-refractivity contribution in [3.05, 3.63) is 35.4 Å². The van der Waals surface area contributed by atoms with E-state index < -0.39 is 11.7 Å². The molecule has 0 bridgehead atoms. The number of methoxy groups -OCH3 is 1. The van der Waals surface area contributed by atoms with Crippen LogP contribution in [-0.2, 0) is 15.7 Å². The van der Waals surface area contributed by atoms with E-state index in [-0.39, 0.29) is 12.0 Å². The molecule has 112 valence electrons. The van der Waals surface area contributed by atoms with Gasteiger partial charge in [-0.25, -0.2) is 0 Å². The van der Waals surface area contributed by atoms with Gasteiger partial charge in [-0.05, 0) is 37.6 Å². The first-order chi connectivity index (χ1) is 9.34. The van der Waals surface area contributed by atoms with E-state index in [0.717, 1.165) is 17.7 Å². The Labute approximate surface area is 116 Å². The highest BCUT2D eigenvalue weighted by Gasteiger charge is 2.30. The number of alkyl halides is 3. The van der Waals surface area contributed by atoms with Crippen LogP contribution in [0.2, 0.25) is 0 Å². The highest BCUT2D eigenvalue weighted by Crippen LogP contribution is 2.29. The molecule has 0 spiro atoms. The molecule has 1 atom stereocenters. The van der Waals surface area contributed by atoms with Gasteiger partial charge in [0, 0.05) is 12.5 Å². The summed E-state index contributed by atoms with van der Waals surface area (Å²) in [6.07, 6.45) is -3.36. The van der Waals surface area contributed by atoms with Gasteiger partial charge in [0.15, 0.2) is 0 Å². The third-order valence-corrected chi connectivity index (χ3v) is 2.97. The summed E-state index contributed by atoms with van der Waals surface area (Å²) in [5.41, 5.74) is 0.121. The van der Waals surface area contributed by atoms with Crippen LogP contribution in [0.5, 0.6) is 0 Å². The molecule has 0 aliphatic carbocycles. The van der Waals surface area contributed by atoms with Gasteiger partial charge in [-0.1, -0.05) is 12.1 Å². The number of carbonyl (C=O) groups excluding carboxylic acids is 1. The van der Waals surface area contributed by atoms with Crippen LogP contribution >= 0.6 is 0 Å². The number of rotatable bonds is 6. The summed E-state index contributed by atoms with van der Waals surface area (Å²) < 4.78 is 41.8. The molecule has 0 aliphatic rings. The maximum absolute atomic E-state index is 12.4. The number of nitrogens with one attached hydrogen (secondary N) is 1. The summed E-state index contributed by atoms with van der Waals surface area (Å²) in [7, 11) is 1.33. The van der Waals surface area contributed by atoms with Gasteiger partial charge in [-0.3, -0.25) is 4.79 Å². The summed E-state index contributed by atoms with van der Waals surface area (Å²) in [4.78, 5) is 10.9. The molecule has 0 aromatic heterocycles. The number of halogens is 3. The number of hydrogen-bond acceptors (Lipinski definition) is 3. The molecule has 0 amide bonds. The fourth-order valence-electron chi connectivity index (χ4n) is 1.73. The van der Waals surface area contributed by atoms with Gasteiger partial charge < -0.3 is 10.1 Å². The van der Waals surface area contributed by atoms with Gasteiger partial charge in [-0.15, -0.1) is 0 Å². The molecule has 1 unspecified atom stereocenters. The van der Waals surface area contributed by atoms with Crippen LogP contribution in [0.3, 0.4) is 0 Å². The van der Waals surface area contributed by atoms with E-state index in [0.29, 0.717) is 19.4 Å². The number of benzene rings is 1. The van der Waals surface area contributed by atoms with E-state index in [1.54, 1.807) is 0 Å². The Bertz CT molecular complexity index is 429. The van der Waals surface area contributed by atoms with Crippen LogP contribution in [0, 0.1) is 0 Å². The lowest BCUT2D eigenvalue weighted by molar-refractivity contribution is -0.140. The van der Waals surface area contributed by atoms with E-state index in [4.69, 9.17) is 0 Å². The summed E-state index contributed by atoms with van der Waals surface area (Å²) in [5.74, 6) is -0.269. The van der Waals surface area contributed by atoms with Crippen LogP contribution in [0.4, 0.5) is 13.2 Å². The summed E-state index contributed by atoms with van der Waals surface area (Å²) >= 11 is 0. The van der Waals surface area contributed by atoms with Crippen LogP contribution in [-0.4, -0.2) is 19.6 Å². The van der Waals surface area contributed by atoms with Crippen molar-refractivity contribution in [2.75, 3.05) is 13.7 Å². The zero-order valence-electron chi connectivity index (χ0n) is 11.5. The molecule has 0 heterocycles. The van der Waals surface area contributed by atoms with Crippen molar-refractivity contribution in [3.8, 4) is 0 Å². The highest BCUT2D eigenvalue weighted by atomic mass is 19.4. The van der Waals surface area contributed by atoms with Crippen molar-refractivity contribution in [3.63, 3.8) is 0 Å². The van der Waals surface area contributed by atoms with E-state index >= 15 is 0 Å². The maximum atomic E-state index is 12.4. The molecule has 3 nitrogen and oxygen atoms in total. The van der Waals surface area contributed by atoms with Crippen molar-refractivity contribution in [1.82, 2.24) is 5.32 Å². The minimum atomic E-state index is -4.31. The monoisotopic (exact) mass is 289 g/mol. The van der Waals surface area contributed by atoms with Crippen molar-refractivity contribution >= 4 is 5.97 Å². The van der Waals surface area contributed by atoms with Crippen LogP contribution in [0.1, 0.15) is 36.9 Å². The zero-order valence-corrected chi connectivity index (χ0v) is 11.5. The largest absolute Gasteiger partial charge is 0.469 e. The second-order valence-electron chi connectivity index (χ2n) is 4.48. The smallest absolute Gasteiger partial charge is 0.416 e. The molecular weight excluding hydrogens is 271 g/mol. The number of ether oxygens (including phenoxy) is 1. The maximum Gasteiger partial charge on any atom is 0.416 e. The van der Waals surface area contributed by atoms with Gasteiger partial charge in [0.2, 0.25) is 0 Å². The molecule has 0 saturated heterocycles. The standard InChI is InChI=1S/C14H18F3NO2/c1-10(18-9-3-4-13(19)20-2)11-5-7-12(8-6-11)14(15,16)17/h5-8,10,18H,3-4,9H2,1-2H3. The first-order valence-electron chi connectivity index (χ1n) is 6.32. The SMILES string of the molecule is COC(=O)CCCNC(C)c1ccc(C(F)(F)F)cc1. The average Bonchev–Trinajstić information content (AvgIpc) is 2.42. The fraction of sp³-hybridized carbons (Fsp3) is 0.500. The van der Waals surface area contributed by atoms with Crippen LogP contribution in [0.15, 0.2) is 24.3 Å². The van der Waals surface area contributed by atoms with Crippen LogP contribution < -0.4 is 5.32 Å². The summed E-state index contributed by atoms with van der Waals surface area (Å²) in [6.45, 7) is 2.46. The van der Waals surface area contributed by atoms with Crippen LogP contribution in [0.25, 0.3) is 0 Å². The second-order valence-corrected chi connectivity index (χ2v) is 4.48. The zero-order chi connectivity index (χ0) is 15.2. The first-order valence-corrected chi connectivity index (χ1v) is 6.32. The first kappa shape index (κ1) is 16.5. The third kappa shape index (κ3) is 5.21. The molecule has 1 rings (SSSR count). The summed E-state index contributed by atoms with van der Waals surface area (Å²) in [6, 6.07) is 4.99. The van der Waals surface area contributed by atoms with Gasteiger partial charge >= 0.3 is 12.1 Å². The van der Waals surface area contributed by atoms with E-state index in [1.165, 1.54) is 19.2 Å². The van der Waals surface area contributed by atoms with E-state index in [2.05, 4.69) is 10.1 Å². The normalized spacial score (nSPS) is 13.1. The molecule has 6 heteroatoms. The third-order valence-electron chi connectivity index (χ3n) is 2.97. The fourth-order valence-corrected chi connectivity index (χ4v) is 1.73. The minimum Gasteiger partial charge on any atom is -0.469 e. The second kappa shape index (κ2) is 7.28. The Morgan fingerprint density at radius 1 is 1.30 bits per heavy atom. The van der Waals surface area contributed by atoms with Gasteiger partial charge in [0.1, 0.15) is 0 Å². The molecule has 0 radical (unpaired) electrons. The van der Waals surface area contributed by atoms with Crippen molar-refractivity contribution in [1.29, 1.82) is 0 Å². The molecule has 0 aliphatic heterocycles. The van der Waals surface area contributed by atoms with Crippen molar-refractivity contribution < 1.29 is 22.7 Å². The lowest BCUT2D eigenvalue weighted by Crippen LogP contribution is -2.20. The van der Waals surface area contributed by atoms with Gasteiger partial charge in [0.25, 0.3) is 0 Å². The Kier molecular flexibility index (Phi) is 6.01. The van der Waals surface area contributed by atoms with E-state index in [9.17, 15) is 18.0 Å². The quantitative estimate of drug-likeness (QED) is 0.645. The lowest BCUT2D eigenvalue weighted by atomic mass is 10.1. The number of esters is 1. The predicted molar refractivity (Wildman–Crippen MR) is 69.1 cm³/mol. The van der Waals surface area contributed by atoms with E-state index in [1.807, 2.05) is 6.92 Å². The molecule has 0 saturated carbocycles. The minimum absolute atomic E-state index is 0.0741. The topological polar surface area (TPSA) is 38.3 Å². The molecular formula is C14H18F3NO2. The highest BCUT2D eigenvalue weighted by molar-refractivity contribution is 5.69. The Hall–Kier alpha value is -1.56. The molecule has 1 aromatic rings. The molecule has 20 heavy (non-hydrogen) atoms. The Balaban J connectivity index is 2.44. The van der Waals surface area contributed by atoms with Gasteiger partial charge in [-0.2, -0.15) is 13.2 Å². The van der Waals surface area contributed by atoms with Gasteiger partial charge in [0.05, 0.1) is 12.7 Å². The number of carbonyl (C=O) groups is 1. The Morgan fingerprint density at radius 3 is 2.40 bits per heavy atom.